The predicted octanol–water partition coefficient (Wildman–Crippen LogP) is 2.11. The van der Waals surface area contributed by atoms with E-state index in [0.717, 1.165) is 5.56 Å². The maximum Gasteiger partial charge on any atom is 0.265 e. The van der Waals surface area contributed by atoms with Crippen molar-refractivity contribution in [2.24, 2.45) is 0 Å². The van der Waals surface area contributed by atoms with E-state index in [0.29, 0.717) is 22.3 Å². The predicted molar refractivity (Wildman–Crippen MR) is 73.1 cm³/mol. The minimum atomic E-state index is -0.147. The van der Waals surface area contributed by atoms with Crippen LogP contribution >= 0.6 is 15.9 Å². The molecule has 0 aliphatic carbocycles. The number of anilines is 1. The molecule has 2 rings (SSSR count). The van der Waals surface area contributed by atoms with Crippen LogP contribution in [0.15, 0.2) is 45.8 Å². The summed E-state index contributed by atoms with van der Waals surface area (Å²) in [6.45, 7) is 0.387. The lowest BCUT2D eigenvalue weighted by Crippen LogP contribution is -2.21. The summed E-state index contributed by atoms with van der Waals surface area (Å²) in [4.78, 5) is 11.9. The largest absolute Gasteiger partial charge is 0.398 e. The Kier molecular flexibility index (Phi) is 3.49. The third kappa shape index (κ3) is 2.60. The molecule has 0 aliphatic heterocycles. The molecule has 0 radical (unpaired) electrons. The molecular weight excluding hydrogens is 294 g/mol. The fraction of sp³-hybridized carbons (Fsp3) is 0.0769. The number of nitrogens with two attached hydrogens (primary N) is 1. The maximum atomic E-state index is 11.9. The van der Waals surface area contributed by atoms with Gasteiger partial charge in [-0.15, -0.1) is 0 Å². The first-order valence-corrected chi connectivity index (χ1v) is 6.04. The molecule has 1 aromatic heterocycles. The number of benzene rings is 1. The zero-order valence-electron chi connectivity index (χ0n) is 9.43. The Morgan fingerprint density at radius 2 is 2.17 bits per heavy atom. The molecule has 90 valence electrons. The normalized spacial score (nSPS) is 10.0. The Labute approximate surface area is 112 Å². The van der Waals surface area contributed by atoms with E-state index >= 15 is 0 Å². The van der Waals surface area contributed by atoms with Gasteiger partial charge in [-0.2, -0.15) is 5.26 Å². The molecule has 18 heavy (non-hydrogen) atoms. The molecule has 2 N–H and O–H groups in total. The van der Waals surface area contributed by atoms with Crippen molar-refractivity contribution < 1.29 is 0 Å². The topological polar surface area (TPSA) is 71.8 Å². The van der Waals surface area contributed by atoms with E-state index in [1.165, 1.54) is 4.57 Å². The Bertz CT molecular complexity index is 685. The number of nitrogen functional groups attached to an aromatic ring is 1. The lowest BCUT2D eigenvalue weighted by Gasteiger charge is -2.08. The zero-order valence-corrected chi connectivity index (χ0v) is 11.0. The van der Waals surface area contributed by atoms with Crippen molar-refractivity contribution in [3.8, 4) is 6.07 Å². The van der Waals surface area contributed by atoms with E-state index in [9.17, 15) is 4.79 Å². The molecule has 0 fully saturated rings. The highest BCUT2D eigenvalue weighted by Gasteiger charge is 2.04. The summed E-state index contributed by atoms with van der Waals surface area (Å²) in [5.41, 5.74) is 7.52. The number of hydrogen-bond donors (Lipinski definition) is 1. The van der Waals surface area contributed by atoms with E-state index in [-0.39, 0.29) is 5.56 Å². The van der Waals surface area contributed by atoms with Gasteiger partial charge in [-0.1, -0.05) is 12.1 Å². The van der Waals surface area contributed by atoms with Gasteiger partial charge in [0.1, 0.15) is 0 Å². The minimum absolute atomic E-state index is 0.147. The molecule has 0 unspecified atom stereocenters. The van der Waals surface area contributed by atoms with Gasteiger partial charge in [0.2, 0.25) is 0 Å². The highest BCUT2D eigenvalue weighted by atomic mass is 79.9. The van der Waals surface area contributed by atoms with Crippen LogP contribution in [0.1, 0.15) is 11.1 Å². The molecule has 1 heterocycles. The molecule has 0 aliphatic rings. The summed E-state index contributed by atoms with van der Waals surface area (Å²) in [6, 6.07) is 10.8. The van der Waals surface area contributed by atoms with Crippen molar-refractivity contribution in [3.05, 3.63) is 62.5 Å². The zero-order chi connectivity index (χ0) is 13.1. The molecule has 0 spiro atoms. The first-order valence-electron chi connectivity index (χ1n) is 5.24. The molecule has 4 nitrogen and oxygen atoms in total. The summed E-state index contributed by atoms with van der Waals surface area (Å²) in [7, 11) is 0. The second-order valence-corrected chi connectivity index (χ2v) is 4.72. The number of nitrogens with zero attached hydrogens (tertiary/aromatic N) is 2. The van der Waals surface area contributed by atoms with Crippen molar-refractivity contribution in [3.63, 3.8) is 0 Å². The third-order valence-corrected chi connectivity index (χ3v) is 3.04. The van der Waals surface area contributed by atoms with Gasteiger partial charge in [0.25, 0.3) is 5.56 Å². The number of pyridine rings is 1. The molecule has 5 heteroatoms. The molecule has 0 saturated heterocycles. The SMILES string of the molecule is N#Cc1cccc(Cn2cc(N)cc(Br)c2=O)c1. The molecular formula is C13H10BrN3O. The summed E-state index contributed by atoms with van der Waals surface area (Å²) < 4.78 is 1.94. The summed E-state index contributed by atoms with van der Waals surface area (Å²) >= 11 is 3.17. The summed E-state index contributed by atoms with van der Waals surface area (Å²) in [6.07, 6.45) is 1.59. The van der Waals surface area contributed by atoms with Gasteiger partial charge in [-0.05, 0) is 39.7 Å². The van der Waals surface area contributed by atoms with E-state index < -0.39 is 0 Å². The quantitative estimate of drug-likeness (QED) is 0.923. The standard InChI is InChI=1S/C13H10BrN3O/c14-12-5-11(16)8-17(13(12)18)7-10-3-1-2-9(4-10)6-15/h1-5,8H,7,16H2. The van der Waals surface area contributed by atoms with Crippen molar-refractivity contribution in [1.82, 2.24) is 4.57 Å². The Hall–Kier alpha value is -2.06. The van der Waals surface area contributed by atoms with Crippen LogP contribution < -0.4 is 11.3 Å². The molecule has 0 amide bonds. The molecule has 2 aromatic rings. The van der Waals surface area contributed by atoms with Crippen LogP contribution in [0.4, 0.5) is 5.69 Å². The van der Waals surface area contributed by atoms with Gasteiger partial charge < -0.3 is 10.3 Å². The highest BCUT2D eigenvalue weighted by Crippen LogP contribution is 2.11. The first-order chi connectivity index (χ1) is 8.60. The lowest BCUT2D eigenvalue weighted by molar-refractivity contribution is 0.757. The second kappa shape index (κ2) is 5.07. The average Bonchev–Trinajstić information content (AvgIpc) is 2.35. The third-order valence-electron chi connectivity index (χ3n) is 2.47. The number of rotatable bonds is 2. The van der Waals surface area contributed by atoms with Crippen LogP contribution in [-0.4, -0.2) is 4.57 Å². The van der Waals surface area contributed by atoms with Crippen LogP contribution in [0.25, 0.3) is 0 Å². The van der Waals surface area contributed by atoms with Gasteiger partial charge in [-0.25, -0.2) is 0 Å². The fourth-order valence-electron chi connectivity index (χ4n) is 1.67. The Morgan fingerprint density at radius 3 is 2.89 bits per heavy atom. The first kappa shape index (κ1) is 12.4. The molecule has 0 atom stereocenters. The van der Waals surface area contributed by atoms with Crippen molar-refractivity contribution in [2.45, 2.75) is 6.54 Å². The monoisotopic (exact) mass is 303 g/mol. The van der Waals surface area contributed by atoms with Gasteiger partial charge in [-0.3, -0.25) is 4.79 Å². The highest BCUT2D eigenvalue weighted by molar-refractivity contribution is 9.10. The summed E-state index contributed by atoms with van der Waals surface area (Å²) in [5, 5.41) is 8.82. The van der Waals surface area contributed by atoms with Crippen LogP contribution in [0.2, 0.25) is 0 Å². The Morgan fingerprint density at radius 1 is 1.39 bits per heavy atom. The summed E-state index contributed by atoms with van der Waals surface area (Å²) in [5.74, 6) is 0. The minimum Gasteiger partial charge on any atom is -0.398 e. The van der Waals surface area contributed by atoms with E-state index in [1.807, 2.05) is 6.07 Å². The van der Waals surface area contributed by atoms with Crippen LogP contribution in [0.5, 0.6) is 0 Å². The van der Waals surface area contributed by atoms with Crippen molar-refractivity contribution >= 4 is 21.6 Å². The molecule has 1 aromatic carbocycles. The van der Waals surface area contributed by atoms with Crippen molar-refractivity contribution in [2.75, 3.05) is 5.73 Å². The van der Waals surface area contributed by atoms with Gasteiger partial charge >= 0.3 is 0 Å². The molecule has 0 bridgehead atoms. The van der Waals surface area contributed by atoms with Gasteiger partial charge in [0, 0.05) is 11.9 Å². The van der Waals surface area contributed by atoms with E-state index in [4.69, 9.17) is 11.0 Å². The average molecular weight is 304 g/mol. The van der Waals surface area contributed by atoms with Crippen LogP contribution in [-0.2, 0) is 6.54 Å². The van der Waals surface area contributed by atoms with E-state index in [1.54, 1.807) is 30.5 Å². The second-order valence-electron chi connectivity index (χ2n) is 3.87. The number of aromatic nitrogens is 1. The number of halogens is 1. The van der Waals surface area contributed by atoms with Crippen LogP contribution in [0, 0.1) is 11.3 Å². The van der Waals surface area contributed by atoms with E-state index in [2.05, 4.69) is 22.0 Å². The lowest BCUT2D eigenvalue weighted by atomic mass is 10.1. The number of hydrogen-bond acceptors (Lipinski definition) is 3. The van der Waals surface area contributed by atoms with Crippen molar-refractivity contribution in [1.29, 1.82) is 5.26 Å². The van der Waals surface area contributed by atoms with Crippen LogP contribution in [0.3, 0.4) is 0 Å². The van der Waals surface area contributed by atoms with Gasteiger partial charge in [0.05, 0.1) is 22.7 Å². The molecule has 0 saturated carbocycles. The number of nitriles is 1. The maximum absolute atomic E-state index is 11.9. The fourth-order valence-corrected chi connectivity index (χ4v) is 2.17. The smallest absolute Gasteiger partial charge is 0.265 e. The Balaban J connectivity index is 2.40. The van der Waals surface area contributed by atoms with Gasteiger partial charge in [0.15, 0.2) is 0 Å².